The highest BCUT2D eigenvalue weighted by atomic mass is 35.5. The Morgan fingerprint density at radius 3 is 2.58 bits per heavy atom. The Kier molecular flexibility index (Phi) is 5.77. The van der Waals surface area contributed by atoms with E-state index in [4.69, 9.17) is 27.9 Å². The molecular formula is C25H20Cl2N2O3S. The Hall–Kier alpha value is -2.67. The Balaban J connectivity index is 1.62. The van der Waals surface area contributed by atoms with Crippen LogP contribution in [0, 0.1) is 0 Å². The third-order valence-electron chi connectivity index (χ3n) is 6.02. The molecule has 8 heteroatoms. The molecule has 2 aliphatic heterocycles. The molecule has 0 radical (unpaired) electrons. The van der Waals surface area contributed by atoms with Crippen molar-refractivity contribution in [1.82, 2.24) is 4.90 Å². The van der Waals surface area contributed by atoms with Crippen LogP contribution in [0.25, 0.3) is 0 Å². The number of carbonyl (C=O) groups is 2. The highest BCUT2D eigenvalue weighted by Crippen LogP contribution is 2.55. The van der Waals surface area contributed by atoms with Crippen molar-refractivity contribution >= 4 is 52.5 Å². The predicted octanol–water partition coefficient (Wildman–Crippen LogP) is 5.59. The standard InChI is InChI=1S/C25H20Cl2N2O3S/c1-32-19-10-11-22-20(14-19)25(24(31)28(22)15-17-4-2-3-5-21(17)27)29(12-13-33-25)23(30)16-6-8-18(26)9-7-16/h2-11,14H,12-13,15H2,1H3/t25-/m0/s1. The van der Waals surface area contributed by atoms with E-state index < -0.39 is 4.87 Å². The van der Waals surface area contributed by atoms with Crippen LogP contribution in [0.2, 0.25) is 10.0 Å². The van der Waals surface area contributed by atoms with Gasteiger partial charge in [-0.05, 0) is 54.1 Å². The molecule has 0 bridgehead atoms. The number of benzene rings is 3. The average molecular weight is 499 g/mol. The maximum absolute atomic E-state index is 14.1. The first-order valence-corrected chi connectivity index (χ1v) is 12.2. The van der Waals surface area contributed by atoms with Gasteiger partial charge in [0.1, 0.15) is 5.75 Å². The SMILES string of the molecule is COc1ccc2c(c1)[C@]1(SCCN1C(=O)c1ccc(Cl)cc1)C(=O)N2Cc1ccccc1Cl. The minimum atomic E-state index is -1.16. The second kappa shape index (κ2) is 8.60. The van der Waals surface area contributed by atoms with Gasteiger partial charge in [0.2, 0.25) is 0 Å². The first-order chi connectivity index (χ1) is 16.0. The normalized spacial score (nSPS) is 19.3. The summed E-state index contributed by atoms with van der Waals surface area (Å²) in [6.45, 7) is 0.761. The Morgan fingerprint density at radius 2 is 1.85 bits per heavy atom. The van der Waals surface area contributed by atoms with E-state index in [-0.39, 0.29) is 11.8 Å². The summed E-state index contributed by atoms with van der Waals surface area (Å²) in [5.41, 5.74) is 2.83. The molecule has 168 valence electrons. The molecule has 5 rings (SSSR count). The minimum Gasteiger partial charge on any atom is -0.497 e. The zero-order valence-corrected chi connectivity index (χ0v) is 20.1. The van der Waals surface area contributed by atoms with Crippen molar-refractivity contribution in [3.63, 3.8) is 0 Å². The molecule has 5 nitrogen and oxygen atoms in total. The van der Waals surface area contributed by atoms with Gasteiger partial charge in [0.05, 0.1) is 19.3 Å². The van der Waals surface area contributed by atoms with Crippen LogP contribution >= 0.6 is 35.0 Å². The van der Waals surface area contributed by atoms with Crippen molar-refractivity contribution in [2.24, 2.45) is 0 Å². The van der Waals surface area contributed by atoms with Crippen molar-refractivity contribution in [3.05, 3.63) is 93.5 Å². The predicted molar refractivity (Wildman–Crippen MR) is 132 cm³/mol. The van der Waals surface area contributed by atoms with Gasteiger partial charge in [0.15, 0.2) is 4.87 Å². The first kappa shape index (κ1) is 22.1. The van der Waals surface area contributed by atoms with E-state index in [1.165, 1.54) is 11.8 Å². The lowest BCUT2D eigenvalue weighted by molar-refractivity contribution is -0.123. The zero-order chi connectivity index (χ0) is 23.2. The molecule has 0 saturated carbocycles. The number of fused-ring (bicyclic) bond motifs is 2. The number of methoxy groups -OCH3 is 1. The number of hydrogen-bond donors (Lipinski definition) is 0. The summed E-state index contributed by atoms with van der Waals surface area (Å²) in [7, 11) is 1.59. The fourth-order valence-corrected chi connectivity index (χ4v) is 6.20. The first-order valence-electron chi connectivity index (χ1n) is 10.4. The van der Waals surface area contributed by atoms with Gasteiger partial charge in [-0.3, -0.25) is 9.59 Å². The Labute approximate surface area is 206 Å². The number of hydrogen-bond acceptors (Lipinski definition) is 4. The van der Waals surface area contributed by atoms with Gasteiger partial charge in [0.25, 0.3) is 11.8 Å². The number of nitrogens with zero attached hydrogens (tertiary/aromatic N) is 2. The van der Waals surface area contributed by atoms with E-state index >= 15 is 0 Å². The Bertz CT molecular complexity index is 1250. The molecule has 0 unspecified atom stereocenters. The van der Waals surface area contributed by atoms with Crippen molar-refractivity contribution in [3.8, 4) is 5.75 Å². The number of thioether (sulfide) groups is 1. The highest BCUT2D eigenvalue weighted by Gasteiger charge is 2.59. The van der Waals surface area contributed by atoms with Crippen LogP contribution in [-0.2, 0) is 16.2 Å². The van der Waals surface area contributed by atoms with E-state index in [1.54, 1.807) is 41.2 Å². The van der Waals surface area contributed by atoms with Crippen LogP contribution in [0.5, 0.6) is 5.75 Å². The lowest BCUT2D eigenvalue weighted by atomic mass is 10.0. The van der Waals surface area contributed by atoms with Crippen LogP contribution in [0.3, 0.4) is 0 Å². The number of amides is 2. The maximum atomic E-state index is 14.1. The van der Waals surface area contributed by atoms with Crippen molar-refractivity contribution < 1.29 is 14.3 Å². The van der Waals surface area contributed by atoms with Crippen molar-refractivity contribution in [1.29, 1.82) is 0 Å². The van der Waals surface area contributed by atoms with E-state index in [1.807, 2.05) is 42.5 Å². The van der Waals surface area contributed by atoms with Gasteiger partial charge in [0, 0.05) is 33.5 Å². The van der Waals surface area contributed by atoms with E-state index in [0.29, 0.717) is 40.2 Å². The summed E-state index contributed by atoms with van der Waals surface area (Å²) < 4.78 is 5.47. The molecule has 1 saturated heterocycles. The fraction of sp³-hybridized carbons (Fsp3) is 0.200. The third kappa shape index (κ3) is 3.57. The van der Waals surface area contributed by atoms with Gasteiger partial charge < -0.3 is 14.5 Å². The summed E-state index contributed by atoms with van der Waals surface area (Å²) in [6.07, 6.45) is 0. The smallest absolute Gasteiger partial charge is 0.268 e. The number of ether oxygens (including phenoxy) is 1. The van der Waals surface area contributed by atoms with Gasteiger partial charge in [-0.2, -0.15) is 0 Å². The van der Waals surface area contributed by atoms with E-state index in [0.717, 1.165) is 16.8 Å². The summed E-state index contributed by atoms with van der Waals surface area (Å²) >= 11 is 13.9. The maximum Gasteiger partial charge on any atom is 0.268 e. The fourth-order valence-electron chi connectivity index (χ4n) is 4.42. The molecule has 0 aromatic heterocycles. The lowest BCUT2D eigenvalue weighted by Gasteiger charge is -2.33. The van der Waals surface area contributed by atoms with Crippen LogP contribution in [-0.4, -0.2) is 36.1 Å². The molecule has 0 aliphatic carbocycles. The largest absolute Gasteiger partial charge is 0.497 e. The molecule has 33 heavy (non-hydrogen) atoms. The second-order valence-electron chi connectivity index (χ2n) is 7.82. The monoisotopic (exact) mass is 498 g/mol. The highest BCUT2D eigenvalue weighted by molar-refractivity contribution is 8.01. The molecular weight excluding hydrogens is 479 g/mol. The van der Waals surface area contributed by atoms with Gasteiger partial charge >= 0.3 is 0 Å². The number of anilines is 1. The molecule has 3 aromatic carbocycles. The zero-order valence-electron chi connectivity index (χ0n) is 17.8. The van der Waals surface area contributed by atoms with Crippen LogP contribution in [0.4, 0.5) is 5.69 Å². The molecule has 1 atom stereocenters. The van der Waals surface area contributed by atoms with Gasteiger partial charge in [-0.1, -0.05) is 41.4 Å². The van der Waals surface area contributed by atoms with E-state index in [9.17, 15) is 9.59 Å². The topological polar surface area (TPSA) is 49.9 Å². The average Bonchev–Trinajstić information content (AvgIpc) is 3.37. The summed E-state index contributed by atoms with van der Waals surface area (Å²) in [6, 6.07) is 19.8. The summed E-state index contributed by atoms with van der Waals surface area (Å²) in [5.74, 6) is 0.905. The van der Waals surface area contributed by atoms with Gasteiger partial charge in [-0.25, -0.2) is 0 Å². The summed E-state index contributed by atoms with van der Waals surface area (Å²) in [5, 5.41) is 1.14. The second-order valence-corrected chi connectivity index (χ2v) is 9.95. The van der Waals surface area contributed by atoms with Crippen LogP contribution in [0.15, 0.2) is 66.7 Å². The third-order valence-corrected chi connectivity index (χ3v) is 8.06. The lowest BCUT2D eigenvalue weighted by Crippen LogP contribution is -2.50. The van der Waals surface area contributed by atoms with Crippen molar-refractivity contribution in [2.45, 2.75) is 11.4 Å². The van der Waals surface area contributed by atoms with Crippen LogP contribution < -0.4 is 9.64 Å². The minimum absolute atomic E-state index is 0.157. The molecule has 2 heterocycles. The molecule has 2 amide bonds. The summed E-state index contributed by atoms with van der Waals surface area (Å²) in [4.78, 5) is 29.9. The van der Waals surface area contributed by atoms with Gasteiger partial charge in [-0.15, -0.1) is 11.8 Å². The molecule has 1 spiro atoms. The van der Waals surface area contributed by atoms with Crippen LogP contribution in [0.1, 0.15) is 21.5 Å². The molecule has 0 N–H and O–H groups in total. The Morgan fingerprint density at radius 1 is 1.09 bits per heavy atom. The van der Waals surface area contributed by atoms with Crippen molar-refractivity contribution in [2.75, 3.05) is 24.3 Å². The number of halogens is 2. The molecule has 3 aromatic rings. The van der Waals surface area contributed by atoms with E-state index in [2.05, 4.69) is 0 Å². The number of carbonyl (C=O) groups excluding carboxylic acids is 2. The molecule has 1 fully saturated rings. The number of rotatable bonds is 4. The molecule has 2 aliphatic rings. The quantitative estimate of drug-likeness (QED) is 0.470.